The summed E-state index contributed by atoms with van der Waals surface area (Å²) >= 11 is 3.36. The number of halogens is 1. The van der Waals surface area contributed by atoms with Crippen molar-refractivity contribution < 1.29 is 9.90 Å². The van der Waals surface area contributed by atoms with Crippen LogP contribution in [0.4, 0.5) is 0 Å². The summed E-state index contributed by atoms with van der Waals surface area (Å²) in [6, 6.07) is 7.38. The Hall–Kier alpha value is -0.870. The molecule has 2 unspecified atom stereocenters. The van der Waals surface area contributed by atoms with Gasteiger partial charge in [-0.2, -0.15) is 0 Å². The molecule has 92 valence electrons. The van der Waals surface area contributed by atoms with Crippen LogP contribution in [0.5, 0.6) is 0 Å². The van der Waals surface area contributed by atoms with Crippen LogP contribution >= 0.6 is 15.9 Å². The summed E-state index contributed by atoms with van der Waals surface area (Å²) in [7, 11) is 0. The van der Waals surface area contributed by atoms with Crippen molar-refractivity contribution in [2.24, 2.45) is 5.92 Å². The Morgan fingerprint density at radius 3 is 2.82 bits per heavy atom. The molecule has 0 radical (unpaired) electrons. The summed E-state index contributed by atoms with van der Waals surface area (Å²) in [5.41, 5.74) is 0.658. The van der Waals surface area contributed by atoms with E-state index in [2.05, 4.69) is 21.2 Å². The minimum absolute atomic E-state index is 0.0566. The van der Waals surface area contributed by atoms with Crippen LogP contribution in [-0.2, 0) is 0 Å². The number of hydrogen-bond acceptors (Lipinski definition) is 2. The molecule has 1 aromatic rings. The van der Waals surface area contributed by atoms with E-state index in [0.29, 0.717) is 18.0 Å². The molecule has 1 fully saturated rings. The number of amides is 1. The molecule has 0 aromatic heterocycles. The second-order valence-corrected chi connectivity index (χ2v) is 5.38. The molecule has 2 rings (SSSR count). The van der Waals surface area contributed by atoms with Gasteiger partial charge >= 0.3 is 0 Å². The first-order valence-corrected chi connectivity index (χ1v) is 6.67. The van der Waals surface area contributed by atoms with Crippen LogP contribution in [0, 0.1) is 5.92 Å². The fourth-order valence-electron chi connectivity index (χ4n) is 2.21. The van der Waals surface area contributed by atoms with E-state index in [-0.39, 0.29) is 12.0 Å². The Labute approximate surface area is 109 Å². The van der Waals surface area contributed by atoms with Crippen LogP contribution in [0.25, 0.3) is 0 Å². The van der Waals surface area contributed by atoms with E-state index in [9.17, 15) is 9.90 Å². The molecule has 3 nitrogen and oxygen atoms in total. The zero-order chi connectivity index (χ0) is 12.3. The second kappa shape index (κ2) is 5.65. The van der Waals surface area contributed by atoms with Crippen molar-refractivity contribution in [2.75, 3.05) is 6.54 Å². The number of rotatable bonds is 3. The minimum Gasteiger partial charge on any atom is -0.393 e. The zero-order valence-corrected chi connectivity index (χ0v) is 11.1. The first-order chi connectivity index (χ1) is 8.16. The molecule has 1 aliphatic carbocycles. The lowest BCUT2D eigenvalue weighted by atomic mass is 10.1. The van der Waals surface area contributed by atoms with Crippen molar-refractivity contribution in [3.63, 3.8) is 0 Å². The third kappa shape index (κ3) is 3.30. The molecule has 4 heteroatoms. The molecule has 2 atom stereocenters. The van der Waals surface area contributed by atoms with Gasteiger partial charge in [0.15, 0.2) is 0 Å². The van der Waals surface area contributed by atoms with E-state index < -0.39 is 0 Å². The molecule has 1 saturated carbocycles. The highest BCUT2D eigenvalue weighted by Gasteiger charge is 2.23. The molecule has 0 aliphatic heterocycles. The number of carbonyl (C=O) groups is 1. The van der Waals surface area contributed by atoms with Gasteiger partial charge < -0.3 is 10.4 Å². The topological polar surface area (TPSA) is 49.3 Å². The highest BCUT2D eigenvalue weighted by atomic mass is 79.9. The first-order valence-electron chi connectivity index (χ1n) is 5.87. The average Bonchev–Trinajstić information content (AvgIpc) is 2.73. The SMILES string of the molecule is O=C(NCC1CCC(O)C1)c1ccccc1Br. The summed E-state index contributed by atoms with van der Waals surface area (Å²) in [6.45, 7) is 0.650. The summed E-state index contributed by atoms with van der Waals surface area (Å²) in [4.78, 5) is 11.9. The van der Waals surface area contributed by atoms with Crippen molar-refractivity contribution in [3.05, 3.63) is 34.3 Å². The number of hydrogen-bond donors (Lipinski definition) is 2. The van der Waals surface area contributed by atoms with Gasteiger partial charge in [-0.05, 0) is 53.2 Å². The normalized spacial score (nSPS) is 23.6. The van der Waals surface area contributed by atoms with Crippen molar-refractivity contribution in [3.8, 4) is 0 Å². The van der Waals surface area contributed by atoms with E-state index >= 15 is 0 Å². The predicted octanol–water partition coefficient (Wildman–Crippen LogP) is 2.34. The fourth-order valence-corrected chi connectivity index (χ4v) is 2.68. The van der Waals surface area contributed by atoms with Crippen molar-refractivity contribution in [2.45, 2.75) is 25.4 Å². The molecule has 0 saturated heterocycles. The maximum Gasteiger partial charge on any atom is 0.252 e. The number of nitrogens with one attached hydrogen (secondary N) is 1. The van der Waals surface area contributed by atoms with Crippen molar-refractivity contribution in [1.29, 1.82) is 0 Å². The number of aliphatic hydroxyl groups excluding tert-OH is 1. The molecule has 1 aliphatic rings. The van der Waals surface area contributed by atoms with Gasteiger partial charge in [-0.25, -0.2) is 0 Å². The van der Waals surface area contributed by atoms with Gasteiger partial charge in [0.05, 0.1) is 11.7 Å². The fraction of sp³-hybridized carbons (Fsp3) is 0.462. The molecule has 1 aromatic carbocycles. The predicted molar refractivity (Wildman–Crippen MR) is 69.8 cm³/mol. The van der Waals surface area contributed by atoms with Crippen LogP contribution in [0.3, 0.4) is 0 Å². The van der Waals surface area contributed by atoms with E-state index in [1.54, 1.807) is 6.07 Å². The lowest BCUT2D eigenvalue weighted by Gasteiger charge is -2.11. The van der Waals surface area contributed by atoms with Gasteiger partial charge in [0.1, 0.15) is 0 Å². The van der Waals surface area contributed by atoms with E-state index in [1.807, 2.05) is 18.2 Å². The lowest BCUT2D eigenvalue weighted by molar-refractivity contribution is 0.0944. The molecule has 17 heavy (non-hydrogen) atoms. The largest absolute Gasteiger partial charge is 0.393 e. The Kier molecular flexibility index (Phi) is 4.18. The van der Waals surface area contributed by atoms with Gasteiger partial charge in [0.2, 0.25) is 0 Å². The minimum atomic E-state index is -0.180. The highest BCUT2D eigenvalue weighted by molar-refractivity contribution is 9.10. The Morgan fingerprint density at radius 1 is 1.41 bits per heavy atom. The average molecular weight is 298 g/mol. The van der Waals surface area contributed by atoms with Gasteiger partial charge in [0.25, 0.3) is 5.91 Å². The van der Waals surface area contributed by atoms with Crippen LogP contribution < -0.4 is 5.32 Å². The smallest absolute Gasteiger partial charge is 0.252 e. The van der Waals surface area contributed by atoms with Crippen LogP contribution in [-0.4, -0.2) is 23.7 Å². The molecule has 0 spiro atoms. The second-order valence-electron chi connectivity index (χ2n) is 4.52. The Bertz CT molecular complexity index is 408. The molecule has 2 N–H and O–H groups in total. The van der Waals surface area contributed by atoms with Crippen molar-refractivity contribution >= 4 is 21.8 Å². The number of benzene rings is 1. The van der Waals surface area contributed by atoms with E-state index in [0.717, 1.165) is 23.7 Å². The third-order valence-corrected chi connectivity index (χ3v) is 3.87. The maximum atomic E-state index is 11.9. The van der Waals surface area contributed by atoms with Crippen LogP contribution in [0.1, 0.15) is 29.6 Å². The molecule has 1 amide bonds. The van der Waals surface area contributed by atoms with Gasteiger partial charge in [-0.3, -0.25) is 4.79 Å². The monoisotopic (exact) mass is 297 g/mol. The van der Waals surface area contributed by atoms with Crippen molar-refractivity contribution in [1.82, 2.24) is 5.32 Å². The van der Waals surface area contributed by atoms with E-state index in [4.69, 9.17) is 0 Å². The quantitative estimate of drug-likeness (QED) is 0.900. The van der Waals surface area contributed by atoms with Crippen LogP contribution in [0.2, 0.25) is 0 Å². The number of aliphatic hydroxyl groups is 1. The molecule has 0 bridgehead atoms. The summed E-state index contributed by atoms with van der Waals surface area (Å²) in [5.74, 6) is 0.357. The molecular formula is C13H16BrNO2. The lowest BCUT2D eigenvalue weighted by Crippen LogP contribution is -2.28. The first kappa shape index (κ1) is 12.6. The zero-order valence-electron chi connectivity index (χ0n) is 9.53. The Balaban J connectivity index is 1.88. The Morgan fingerprint density at radius 2 is 2.18 bits per heavy atom. The summed E-state index contributed by atoms with van der Waals surface area (Å²) < 4.78 is 0.809. The highest BCUT2D eigenvalue weighted by Crippen LogP contribution is 2.24. The third-order valence-electron chi connectivity index (χ3n) is 3.18. The van der Waals surface area contributed by atoms with Gasteiger partial charge in [-0.1, -0.05) is 12.1 Å². The summed E-state index contributed by atoms with van der Waals surface area (Å²) in [5, 5.41) is 12.3. The van der Waals surface area contributed by atoms with E-state index in [1.165, 1.54) is 0 Å². The molecular weight excluding hydrogens is 282 g/mol. The van der Waals surface area contributed by atoms with Gasteiger partial charge in [0, 0.05) is 11.0 Å². The maximum absolute atomic E-state index is 11.9. The standard InChI is InChI=1S/C13H16BrNO2/c14-12-4-2-1-3-11(12)13(17)15-8-9-5-6-10(16)7-9/h1-4,9-10,16H,5-8H2,(H,15,17). The molecule has 0 heterocycles. The summed E-state index contributed by atoms with van der Waals surface area (Å²) in [6.07, 6.45) is 2.48. The van der Waals surface area contributed by atoms with Gasteiger partial charge in [-0.15, -0.1) is 0 Å². The number of carbonyl (C=O) groups excluding carboxylic acids is 1. The van der Waals surface area contributed by atoms with Crippen LogP contribution in [0.15, 0.2) is 28.7 Å².